The molecule has 2 rings (SSSR count). The highest BCUT2D eigenvalue weighted by Crippen LogP contribution is 2.13. The normalized spacial score (nSPS) is 11.9. The van der Waals surface area contributed by atoms with E-state index in [-0.39, 0.29) is 5.91 Å². The number of likely N-dealkylation sites (N-methyl/N-ethyl adjacent to an activating group) is 1. The Morgan fingerprint density at radius 2 is 1.90 bits per heavy atom. The van der Waals surface area contributed by atoms with Crippen LogP contribution >= 0.6 is 0 Å². The molecule has 0 saturated heterocycles. The zero-order valence-electron chi connectivity index (χ0n) is 11.8. The van der Waals surface area contributed by atoms with Gasteiger partial charge in [0.25, 0.3) is 0 Å². The summed E-state index contributed by atoms with van der Waals surface area (Å²) in [5, 5.41) is 0. The number of aryl methyl sites for hydroxylation is 1. The zero-order chi connectivity index (χ0) is 14.5. The van der Waals surface area contributed by atoms with E-state index < -0.39 is 6.04 Å². The van der Waals surface area contributed by atoms with E-state index >= 15 is 0 Å². The molecule has 2 N–H and O–H groups in total. The van der Waals surface area contributed by atoms with Crippen LogP contribution in [0.15, 0.2) is 48.5 Å². The standard InChI is InChI=1S/C16H19N3O/c1-12-7-6-10-14(18-12)11-19(2)16(20)15(17)13-8-4-3-5-9-13/h3-10,15H,11,17H2,1-2H3/t15-/m0/s1. The van der Waals surface area contributed by atoms with Gasteiger partial charge in [-0.05, 0) is 24.6 Å². The van der Waals surface area contributed by atoms with Gasteiger partial charge in [0.05, 0.1) is 12.2 Å². The Labute approximate surface area is 119 Å². The first-order valence-corrected chi connectivity index (χ1v) is 6.56. The van der Waals surface area contributed by atoms with Crippen molar-refractivity contribution in [3.8, 4) is 0 Å². The third kappa shape index (κ3) is 3.42. The Hall–Kier alpha value is -2.20. The monoisotopic (exact) mass is 269 g/mol. The fourth-order valence-electron chi connectivity index (χ4n) is 2.05. The Kier molecular flexibility index (Phi) is 4.48. The van der Waals surface area contributed by atoms with Gasteiger partial charge in [-0.25, -0.2) is 0 Å². The number of nitrogens with two attached hydrogens (primary N) is 1. The fourth-order valence-corrected chi connectivity index (χ4v) is 2.05. The molecule has 0 bridgehead atoms. The first-order valence-electron chi connectivity index (χ1n) is 6.56. The van der Waals surface area contributed by atoms with Crippen molar-refractivity contribution in [2.75, 3.05) is 7.05 Å². The van der Waals surface area contributed by atoms with Crippen molar-refractivity contribution in [3.63, 3.8) is 0 Å². The minimum absolute atomic E-state index is 0.112. The Balaban J connectivity index is 2.05. The Bertz CT molecular complexity index is 583. The summed E-state index contributed by atoms with van der Waals surface area (Å²) in [6, 6.07) is 14.5. The minimum atomic E-state index is -0.633. The molecule has 0 spiro atoms. The number of hydrogen-bond donors (Lipinski definition) is 1. The summed E-state index contributed by atoms with van der Waals surface area (Å²) in [5.41, 5.74) is 8.63. The summed E-state index contributed by atoms with van der Waals surface area (Å²) < 4.78 is 0. The van der Waals surface area contributed by atoms with Gasteiger partial charge in [0.1, 0.15) is 6.04 Å². The number of aromatic nitrogens is 1. The largest absolute Gasteiger partial charge is 0.338 e. The molecule has 1 atom stereocenters. The topological polar surface area (TPSA) is 59.2 Å². The lowest BCUT2D eigenvalue weighted by atomic mass is 10.1. The van der Waals surface area contributed by atoms with Crippen molar-refractivity contribution in [1.82, 2.24) is 9.88 Å². The minimum Gasteiger partial charge on any atom is -0.338 e. The maximum Gasteiger partial charge on any atom is 0.244 e. The lowest BCUT2D eigenvalue weighted by Gasteiger charge is -2.21. The van der Waals surface area contributed by atoms with Crippen molar-refractivity contribution >= 4 is 5.91 Å². The maximum atomic E-state index is 12.3. The predicted molar refractivity (Wildman–Crippen MR) is 78.8 cm³/mol. The van der Waals surface area contributed by atoms with E-state index in [9.17, 15) is 4.79 Å². The quantitative estimate of drug-likeness (QED) is 0.924. The van der Waals surface area contributed by atoms with Gasteiger partial charge in [0.15, 0.2) is 0 Å². The molecule has 1 heterocycles. The van der Waals surface area contributed by atoms with Crippen LogP contribution in [0.2, 0.25) is 0 Å². The molecule has 4 heteroatoms. The Morgan fingerprint density at radius 3 is 2.55 bits per heavy atom. The number of nitrogens with zero attached hydrogens (tertiary/aromatic N) is 2. The van der Waals surface area contributed by atoms with Crippen LogP contribution in [0, 0.1) is 6.92 Å². The summed E-state index contributed by atoms with van der Waals surface area (Å²) in [4.78, 5) is 18.3. The number of amides is 1. The highest BCUT2D eigenvalue weighted by Gasteiger charge is 2.19. The first kappa shape index (κ1) is 14.2. The van der Waals surface area contributed by atoms with Gasteiger partial charge >= 0.3 is 0 Å². The van der Waals surface area contributed by atoms with Gasteiger partial charge in [-0.1, -0.05) is 36.4 Å². The van der Waals surface area contributed by atoms with Gasteiger partial charge in [0.2, 0.25) is 5.91 Å². The van der Waals surface area contributed by atoms with Gasteiger partial charge in [-0.2, -0.15) is 0 Å². The third-order valence-corrected chi connectivity index (χ3v) is 3.15. The molecule has 1 aromatic carbocycles. The van der Waals surface area contributed by atoms with Crippen LogP contribution in [0.1, 0.15) is 23.0 Å². The number of hydrogen-bond acceptors (Lipinski definition) is 3. The number of pyridine rings is 1. The van der Waals surface area contributed by atoms with Gasteiger partial charge in [-0.15, -0.1) is 0 Å². The summed E-state index contributed by atoms with van der Waals surface area (Å²) in [6.07, 6.45) is 0. The molecule has 0 saturated carbocycles. The SMILES string of the molecule is Cc1cccc(CN(C)C(=O)[C@@H](N)c2ccccc2)n1. The van der Waals surface area contributed by atoms with Crippen LogP contribution < -0.4 is 5.73 Å². The van der Waals surface area contributed by atoms with E-state index in [4.69, 9.17) is 5.73 Å². The molecule has 1 aromatic heterocycles. The van der Waals surface area contributed by atoms with Crippen LogP contribution in [0.4, 0.5) is 0 Å². The average Bonchev–Trinajstić information content (AvgIpc) is 2.46. The highest BCUT2D eigenvalue weighted by atomic mass is 16.2. The van der Waals surface area contributed by atoms with Crippen molar-refractivity contribution in [3.05, 3.63) is 65.5 Å². The summed E-state index contributed by atoms with van der Waals surface area (Å²) in [7, 11) is 1.75. The molecular weight excluding hydrogens is 250 g/mol. The number of carbonyl (C=O) groups excluding carboxylic acids is 1. The van der Waals surface area contributed by atoms with Gasteiger partial charge < -0.3 is 10.6 Å². The summed E-state index contributed by atoms with van der Waals surface area (Å²) >= 11 is 0. The number of carbonyl (C=O) groups is 1. The van der Waals surface area contributed by atoms with Crippen LogP contribution in [0.3, 0.4) is 0 Å². The fraction of sp³-hybridized carbons (Fsp3) is 0.250. The summed E-state index contributed by atoms with van der Waals surface area (Å²) in [5.74, 6) is -0.112. The molecule has 0 radical (unpaired) electrons. The van der Waals surface area contributed by atoms with Crippen LogP contribution in [0.25, 0.3) is 0 Å². The molecule has 104 valence electrons. The van der Waals surface area contributed by atoms with E-state index in [0.717, 1.165) is 17.0 Å². The van der Waals surface area contributed by atoms with E-state index in [1.807, 2.05) is 55.5 Å². The molecule has 2 aromatic rings. The second-order valence-electron chi connectivity index (χ2n) is 4.85. The van der Waals surface area contributed by atoms with Crippen LogP contribution in [-0.2, 0) is 11.3 Å². The van der Waals surface area contributed by atoms with Gasteiger partial charge in [0, 0.05) is 12.7 Å². The van der Waals surface area contributed by atoms with Crippen LogP contribution in [-0.4, -0.2) is 22.8 Å². The maximum absolute atomic E-state index is 12.3. The average molecular weight is 269 g/mol. The molecule has 1 amide bonds. The smallest absolute Gasteiger partial charge is 0.244 e. The third-order valence-electron chi connectivity index (χ3n) is 3.15. The molecule has 0 aliphatic heterocycles. The Morgan fingerprint density at radius 1 is 1.20 bits per heavy atom. The molecular formula is C16H19N3O. The van der Waals surface area contributed by atoms with E-state index in [1.165, 1.54) is 0 Å². The molecule has 0 fully saturated rings. The van der Waals surface area contributed by atoms with E-state index in [0.29, 0.717) is 6.54 Å². The molecule has 0 unspecified atom stereocenters. The number of benzene rings is 1. The molecule has 0 aliphatic rings. The second kappa shape index (κ2) is 6.30. The highest BCUT2D eigenvalue weighted by molar-refractivity contribution is 5.82. The van der Waals surface area contributed by atoms with Crippen molar-refractivity contribution < 1.29 is 4.79 Å². The van der Waals surface area contributed by atoms with E-state index in [1.54, 1.807) is 11.9 Å². The van der Waals surface area contributed by atoms with Crippen molar-refractivity contribution in [2.24, 2.45) is 5.73 Å². The molecule has 20 heavy (non-hydrogen) atoms. The molecule has 0 aliphatic carbocycles. The zero-order valence-corrected chi connectivity index (χ0v) is 11.8. The number of rotatable bonds is 4. The first-order chi connectivity index (χ1) is 9.58. The lowest BCUT2D eigenvalue weighted by molar-refractivity contribution is -0.132. The van der Waals surface area contributed by atoms with E-state index in [2.05, 4.69) is 4.98 Å². The van der Waals surface area contributed by atoms with Gasteiger partial charge in [-0.3, -0.25) is 9.78 Å². The van der Waals surface area contributed by atoms with Crippen LogP contribution in [0.5, 0.6) is 0 Å². The molecule has 4 nitrogen and oxygen atoms in total. The summed E-state index contributed by atoms with van der Waals surface area (Å²) in [6.45, 7) is 2.39. The second-order valence-corrected chi connectivity index (χ2v) is 4.85. The predicted octanol–water partition coefficient (Wildman–Crippen LogP) is 2.05. The van der Waals surface area contributed by atoms with Crippen molar-refractivity contribution in [1.29, 1.82) is 0 Å². The van der Waals surface area contributed by atoms with Crippen molar-refractivity contribution in [2.45, 2.75) is 19.5 Å². The lowest BCUT2D eigenvalue weighted by Crippen LogP contribution is -2.35.